The van der Waals surface area contributed by atoms with Crippen molar-refractivity contribution in [2.75, 3.05) is 0 Å². The van der Waals surface area contributed by atoms with Crippen LogP contribution in [0.5, 0.6) is 0 Å². The summed E-state index contributed by atoms with van der Waals surface area (Å²) < 4.78 is 14.8. The van der Waals surface area contributed by atoms with Gasteiger partial charge in [0.2, 0.25) is 5.82 Å². The predicted octanol–water partition coefficient (Wildman–Crippen LogP) is 2.14. The van der Waals surface area contributed by atoms with Gasteiger partial charge in [0, 0.05) is 4.47 Å². The maximum absolute atomic E-state index is 13.3. The molecule has 0 fully saturated rings. The van der Waals surface area contributed by atoms with Gasteiger partial charge in [-0.1, -0.05) is 45.7 Å². The van der Waals surface area contributed by atoms with Gasteiger partial charge < -0.3 is 0 Å². The van der Waals surface area contributed by atoms with Crippen LogP contribution in [-0.2, 0) is 6.54 Å². The number of benzene rings is 1. The number of hydrogen-bond acceptors (Lipinski definition) is 2. The first-order valence-corrected chi connectivity index (χ1v) is 6.09. The molecule has 1 N–H and O–H groups in total. The van der Waals surface area contributed by atoms with Crippen molar-refractivity contribution in [1.82, 2.24) is 9.55 Å². The third-order valence-electron chi connectivity index (χ3n) is 2.37. The highest BCUT2D eigenvalue weighted by Crippen LogP contribution is 2.16. The molecule has 0 amide bonds. The standard InChI is InChI=1S/C11H7BrClFN2O2/c12-7-4-2-1-3-6(7)5-16-10(17)8(14)9(13)15-11(16)18/h1-4H,5H2,(H,15,18). The number of nitrogens with one attached hydrogen (secondary N) is 1. The first kappa shape index (κ1) is 13.0. The minimum Gasteiger partial charge on any atom is -0.295 e. The van der Waals surface area contributed by atoms with E-state index >= 15 is 0 Å². The molecule has 1 heterocycles. The Labute approximate surface area is 114 Å². The fraction of sp³-hybridized carbons (Fsp3) is 0.0909. The first-order chi connectivity index (χ1) is 8.50. The number of rotatable bonds is 2. The summed E-state index contributed by atoms with van der Waals surface area (Å²) in [6, 6.07) is 7.04. The van der Waals surface area contributed by atoms with Crippen molar-refractivity contribution in [2.24, 2.45) is 0 Å². The molecule has 94 valence electrons. The van der Waals surface area contributed by atoms with E-state index in [1.165, 1.54) is 0 Å². The zero-order valence-electron chi connectivity index (χ0n) is 8.91. The van der Waals surface area contributed by atoms with Gasteiger partial charge in [0.25, 0.3) is 5.56 Å². The monoisotopic (exact) mass is 332 g/mol. The van der Waals surface area contributed by atoms with Gasteiger partial charge in [0.15, 0.2) is 5.15 Å². The lowest BCUT2D eigenvalue weighted by molar-refractivity contribution is 0.557. The lowest BCUT2D eigenvalue weighted by Crippen LogP contribution is -2.37. The molecule has 0 aliphatic rings. The lowest BCUT2D eigenvalue weighted by atomic mass is 10.2. The Balaban J connectivity index is 2.55. The minimum absolute atomic E-state index is 0.0380. The lowest BCUT2D eigenvalue weighted by Gasteiger charge is -2.07. The Bertz CT molecular complexity index is 711. The quantitative estimate of drug-likeness (QED) is 0.856. The summed E-state index contributed by atoms with van der Waals surface area (Å²) in [6.45, 7) is -0.0380. The zero-order valence-corrected chi connectivity index (χ0v) is 11.3. The van der Waals surface area contributed by atoms with Crippen LogP contribution in [0.15, 0.2) is 38.3 Å². The van der Waals surface area contributed by atoms with Crippen LogP contribution in [0.25, 0.3) is 0 Å². The summed E-state index contributed by atoms with van der Waals surface area (Å²) in [5.41, 5.74) is -1.10. The summed E-state index contributed by atoms with van der Waals surface area (Å²) in [5.74, 6) is -1.16. The fourth-order valence-corrected chi connectivity index (χ4v) is 2.03. The van der Waals surface area contributed by atoms with Crippen LogP contribution in [0.1, 0.15) is 5.56 Å². The number of hydrogen-bond donors (Lipinski definition) is 1. The van der Waals surface area contributed by atoms with Gasteiger partial charge in [-0.05, 0) is 11.6 Å². The van der Waals surface area contributed by atoms with Crippen LogP contribution in [-0.4, -0.2) is 9.55 Å². The molecule has 0 saturated carbocycles. The number of halogens is 3. The average molecular weight is 334 g/mol. The normalized spacial score (nSPS) is 10.6. The van der Waals surface area contributed by atoms with E-state index in [2.05, 4.69) is 20.9 Å². The second-order valence-electron chi connectivity index (χ2n) is 3.54. The first-order valence-electron chi connectivity index (χ1n) is 4.92. The molecule has 1 aromatic carbocycles. The molecule has 1 aromatic heterocycles. The van der Waals surface area contributed by atoms with E-state index in [4.69, 9.17) is 11.6 Å². The van der Waals surface area contributed by atoms with Gasteiger partial charge >= 0.3 is 5.69 Å². The maximum atomic E-state index is 13.3. The Hall–Kier alpha value is -1.40. The molecule has 0 aliphatic heterocycles. The molecular weight excluding hydrogens is 326 g/mol. The van der Waals surface area contributed by atoms with Crippen LogP contribution in [0.4, 0.5) is 4.39 Å². The van der Waals surface area contributed by atoms with E-state index in [1.807, 2.05) is 0 Å². The average Bonchev–Trinajstić information content (AvgIpc) is 2.34. The van der Waals surface area contributed by atoms with Crippen molar-refractivity contribution in [3.05, 3.63) is 66.1 Å². The number of H-pyrrole nitrogens is 1. The predicted molar refractivity (Wildman–Crippen MR) is 69.5 cm³/mol. The summed E-state index contributed by atoms with van der Waals surface area (Å²) in [4.78, 5) is 25.2. The van der Waals surface area contributed by atoms with Gasteiger partial charge in [-0.2, -0.15) is 4.39 Å². The van der Waals surface area contributed by atoms with Crippen LogP contribution in [0.3, 0.4) is 0 Å². The molecule has 0 atom stereocenters. The molecule has 0 spiro atoms. The van der Waals surface area contributed by atoms with Gasteiger partial charge in [-0.15, -0.1) is 0 Å². The molecule has 0 saturated heterocycles. The van der Waals surface area contributed by atoms with Crippen molar-refractivity contribution in [3.63, 3.8) is 0 Å². The molecule has 0 bridgehead atoms. The van der Waals surface area contributed by atoms with E-state index in [-0.39, 0.29) is 6.54 Å². The van der Waals surface area contributed by atoms with E-state index < -0.39 is 22.2 Å². The topological polar surface area (TPSA) is 54.9 Å². The third-order valence-corrected chi connectivity index (χ3v) is 3.41. The molecule has 7 heteroatoms. The Morgan fingerprint density at radius 2 is 2.00 bits per heavy atom. The Morgan fingerprint density at radius 3 is 2.67 bits per heavy atom. The van der Waals surface area contributed by atoms with Gasteiger partial charge in [-0.25, -0.2) is 4.79 Å². The minimum atomic E-state index is -1.16. The summed E-state index contributed by atoms with van der Waals surface area (Å²) in [7, 11) is 0. The SMILES string of the molecule is O=c1[nH]c(Cl)c(F)c(=O)n1Cc1ccccc1Br. The number of aromatic amines is 1. The number of nitrogens with zero attached hydrogens (tertiary/aromatic N) is 1. The van der Waals surface area contributed by atoms with Crippen molar-refractivity contribution in [3.8, 4) is 0 Å². The Morgan fingerprint density at radius 1 is 1.33 bits per heavy atom. The largest absolute Gasteiger partial charge is 0.329 e. The molecule has 4 nitrogen and oxygen atoms in total. The van der Waals surface area contributed by atoms with Gasteiger partial charge in [0.1, 0.15) is 0 Å². The highest BCUT2D eigenvalue weighted by Gasteiger charge is 2.13. The zero-order chi connectivity index (χ0) is 13.3. The number of aromatic nitrogens is 2. The van der Waals surface area contributed by atoms with Crippen LogP contribution >= 0.6 is 27.5 Å². The second-order valence-corrected chi connectivity index (χ2v) is 4.77. The van der Waals surface area contributed by atoms with Crippen molar-refractivity contribution in [2.45, 2.75) is 6.54 Å². The summed E-state index contributed by atoms with van der Waals surface area (Å²) >= 11 is 8.66. The summed E-state index contributed by atoms with van der Waals surface area (Å²) in [5, 5.41) is -0.576. The molecule has 2 aromatic rings. The third kappa shape index (κ3) is 2.39. The highest BCUT2D eigenvalue weighted by molar-refractivity contribution is 9.10. The summed E-state index contributed by atoms with van der Waals surface area (Å²) in [6.07, 6.45) is 0. The Kier molecular flexibility index (Phi) is 3.68. The second kappa shape index (κ2) is 5.07. The van der Waals surface area contributed by atoms with Gasteiger partial charge in [-0.3, -0.25) is 14.3 Å². The van der Waals surface area contributed by atoms with E-state index in [1.54, 1.807) is 24.3 Å². The highest BCUT2D eigenvalue weighted by atomic mass is 79.9. The molecular formula is C11H7BrClFN2O2. The fourth-order valence-electron chi connectivity index (χ4n) is 1.46. The van der Waals surface area contributed by atoms with E-state index in [0.29, 0.717) is 5.56 Å². The molecule has 2 rings (SSSR count). The van der Waals surface area contributed by atoms with Crippen molar-refractivity contribution < 1.29 is 4.39 Å². The van der Waals surface area contributed by atoms with E-state index in [0.717, 1.165) is 9.04 Å². The van der Waals surface area contributed by atoms with Crippen LogP contribution in [0.2, 0.25) is 5.15 Å². The molecule has 0 aliphatic carbocycles. The van der Waals surface area contributed by atoms with Crippen molar-refractivity contribution >= 4 is 27.5 Å². The van der Waals surface area contributed by atoms with Crippen LogP contribution in [0, 0.1) is 5.82 Å². The van der Waals surface area contributed by atoms with E-state index in [9.17, 15) is 14.0 Å². The molecule has 0 unspecified atom stereocenters. The molecule has 0 radical (unpaired) electrons. The smallest absolute Gasteiger partial charge is 0.295 e. The van der Waals surface area contributed by atoms with Crippen molar-refractivity contribution in [1.29, 1.82) is 0 Å². The van der Waals surface area contributed by atoms with Gasteiger partial charge in [0.05, 0.1) is 6.54 Å². The van der Waals surface area contributed by atoms with Crippen LogP contribution < -0.4 is 11.2 Å². The molecule has 18 heavy (non-hydrogen) atoms. The maximum Gasteiger partial charge on any atom is 0.329 e.